The van der Waals surface area contributed by atoms with Crippen LogP contribution in [-0.4, -0.2) is 0 Å². The largest absolute Gasteiger partial charge is 0.0843 e. The molecule has 0 aliphatic heterocycles. The van der Waals surface area contributed by atoms with Gasteiger partial charge < -0.3 is 0 Å². The Labute approximate surface area is 79.7 Å². The van der Waals surface area contributed by atoms with Gasteiger partial charge in [0.1, 0.15) is 0 Å². The molecule has 0 aromatic heterocycles. The van der Waals surface area contributed by atoms with Gasteiger partial charge in [-0.3, -0.25) is 0 Å². The van der Waals surface area contributed by atoms with Gasteiger partial charge in [0.25, 0.3) is 0 Å². The molecule has 0 spiro atoms. The first kappa shape index (κ1) is 8.34. The quantitative estimate of drug-likeness (QED) is 0.538. The Bertz CT molecular complexity index is 233. The van der Waals surface area contributed by atoms with Gasteiger partial charge >= 0.3 is 0 Å². The van der Waals surface area contributed by atoms with Crippen LogP contribution in [0.15, 0.2) is 18.2 Å². The molecule has 0 saturated carbocycles. The van der Waals surface area contributed by atoms with E-state index in [0.29, 0.717) is 0 Å². The van der Waals surface area contributed by atoms with E-state index in [1.807, 2.05) is 12.1 Å². The van der Waals surface area contributed by atoms with E-state index in [1.165, 1.54) is 11.1 Å². The third kappa shape index (κ3) is 1.86. The Kier molecular flexibility index (Phi) is 2.98. The molecule has 0 aliphatic carbocycles. The normalized spacial score (nSPS) is 9.90. The van der Waals surface area contributed by atoms with E-state index in [-0.39, 0.29) is 0 Å². The molecule has 10 heavy (non-hydrogen) atoms. The zero-order valence-electron chi connectivity index (χ0n) is 5.70. The van der Waals surface area contributed by atoms with Crippen molar-refractivity contribution in [1.29, 1.82) is 0 Å². The van der Waals surface area contributed by atoms with Crippen molar-refractivity contribution in [3.05, 3.63) is 34.3 Å². The van der Waals surface area contributed by atoms with Crippen LogP contribution in [0.4, 0.5) is 0 Å². The van der Waals surface area contributed by atoms with Crippen LogP contribution in [0.1, 0.15) is 11.1 Å². The number of rotatable bonds is 1. The molecule has 0 bridgehead atoms. The predicted molar refractivity (Wildman–Crippen MR) is 53.9 cm³/mol. The van der Waals surface area contributed by atoms with Crippen LogP contribution in [0.25, 0.3) is 0 Å². The van der Waals surface area contributed by atoms with Crippen molar-refractivity contribution in [3.63, 3.8) is 0 Å². The van der Waals surface area contributed by atoms with Crippen LogP contribution in [0.5, 0.6) is 0 Å². The maximum atomic E-state index is 5.77. The second-order valence-electron chi connectivity index (χ2n) is 2.20. The van der Waals surface area contributed by atoms with Gasteiger partial charge in [-0.25, -0.2) is 0 Å². The smallest absolute Gasteiger partial charge is 0.0408 e. The van der Waals surface area contributed by atoms with Gasteiger partial charge in [-0.1, -0.05) is 40.3 Å². The summed E-state index contributed by atoms with van der Waals surface area (Å²) in [6.07, 6.45) is 0. The van der Waals surface area contributed by atoms with Gasteiger partial charge in [0.05, 0.1) is 0 Å². The second kappa shape index (κ2) is 3.58. The summed E-state index contributed by atoms with van der Waals surface area (Å²) < 4.78 is 1.06. The summed E-state index contributed by atoms with van der Waals surface area (Å²) in [5.41, 5.74) is 2.65. The lowest BCUT2D eigenvalue weighted by atomic mass is 10.1. The lowest BCUT2D eigenvalue weighted by Gasteiger charge is -2.00. The number of benzene rings is 1. The fraction of sp³-hybridized carbons (Fsp3) is 0.250. The minimum atomic E-state index is 0.825. The number of hydrogen-bond donors (Lipinski definition) is 0. The summed E-state index contributed by atoms with van der Waals surface area (Å²) in [4.78, 5) is 0. The number of halogens is 2. The molecule has 0 nitrogen and oxygen atoms in total. The van der Waals surface area contributed by atoms with Gasteiger partial charge in [-0.15, -0.1) is 0 Å². The number of hydrogen-bond acceptors (Lipinski definition) is 0. The van der Waals surface area contributed by atoms with E-state index in [2.05, 4.69) is 35.6 Å². The van der Waals surface area contributed by atoms with E-state index in [9.17, 15) is 0 Å². The van der Waals surface area contributed by atoms with Crippen molar-refractivity contribution >= 4 is 34.2 Å². The molecule has 1 rings (SSSR count). The Morgan fingerprint density at radius 3 is 2.70 bits per heavy atom. The molecule has 54 valence electrons. The average Bonchev–Trinajstić information content (AvgIpc) is 1.88. The molecule has 0 saturated heterocycles. The third-order valence-corrected chi connectivity index (χ3v) is 2.51. The SMILES string of the molecule is Cc1cc(Cl)ccc1CI. The maximum Gasteiger partial charge on any atom is 0.0408 e. The molecule has 0 radical (unpaired) electrons. The molecule has 0 heterocycles. The van der Waals surface area contributed by atoms with Crippen LogP contribution < -0.4 is 0 Å². The van der Waals surface area contributed by atoms with Gasteiger partial charge in [0.2, 0.25) is 0 Å². The lowest BCUT2D eigenvalue weighted by molar-refractivity contribution is 1.33. The predicted octanol–water partition coefficient (Wildman–Crippen LogP) is 3.58. The van der Waals surface area contributed by atoms with Crippen molar-refractivity contribution in [2.45, 2.75) is 11.4 Å². The Morgan fingerprint density at radius 2 is 2.20 bits per heavy atom. The highest BCUT2D eigenvalue weighted by Crippen LogP contribution is 2.17. The standard InChI is InChI=1S/C8H8ClI/c1-6-4-8(9)3-2-7(6)5-10/h2-4H,5H2,1H3. The fourth-order valence-corrected chi connectivity index (χ4v) is 1.89. The van der Waals surface area contributed by atoms with Crippen LogP contribution in [0.2, 0.25) is 5.02 Å². The third-order valence-electron chi connectivity index (χ3n) is 1.45. The van der Waals surface area contributed by atoms with Crippen molar-refractivity contribution in [2.24, 2.45) is 0 Å². The monoisotopic (exact) mass is 266 g/mol. The molecule has 0 fully saturated rings. The first-order chi connectivity index (χ1) is 4.74. The van der Waals surface area contributed by atoms with Crippen LogP contribution in [0, 0.1) is 6.92 Å². The van der Waals surface area contributed by atoms with E-state index < -0.39 is 0 Å². The zero-order chi connectivity index (χ0) is 7.56. The second-order valence-corrected chi connectivity index (χ2v) is 3.40. The molecular formula is C8H8ClI. The average molecular weight is 267 g/mol. The summed E-state index contributed by atoms with van der Waals surface area (Å²) in [6.45, 7) is 2.08. The van der Waals surface area contributed by atoms with Crippen LogP contribution in [0.3, 0.4) is 0 Å². The minimum Gasteiger partial charge on any atom is -0.0843 e. The van der Waals surface area contributed by atoms with Crippen LogP contribution >= 0.6 is 34.2 Å². The summed E-state index contributed by atoms with van der Waals surface area (Å²) in [7, 11) is 0. The Balaban J connectivity index is 3.07. The van der Waals surface area contributed by atoms with Crippen molar-refractivity contribution in [3.8, 4) is 0 Å². The Hall–Kier alpha value is 0.240. The van der Waals surface area contributed by atoms with Gasteiger partial charge in [0, 0.05) is 9.45 Å². The molecule has 1 aromatic rings. The zero-order valence-corrected chi connectivity index (χ0v) is 8.61. The fourth-order valence-electron chi connectivity index (χ4n) is 0.809. The van der Waals surface area contributed by atoms with Crippen LogP contribution in [-0.2, 0) is 4.43 Å². The molecule has 0 amide bonds. The van der Waals surface area contributed by atoms with E-state index >= 15 is 0 Å². The minimum absolute atomic E-state index is 0.825. The molecule has 1 aromatic carbocycles. The van der Waals surface area contributed by atoms with Crippen molar-refractivity contribution in [2.75, 3.05) is 0 Å². The molecule has 2 heteroatoms. The molecule has 0 N–H and O–H groups in total. The highest BCUT2D eigenvalue weighted by molar-refractivity contribution is 14.1. The number of aryl methyl sites for hydroxylation is 1. The molecule has 0 unspecified atom stereocenters. The van der Waals surface area contributed by atoms with Crippen molar-refractivity contribution < 1.29 is 0 Å². The lowest BCUT2D eigenvalue weighted by Crippen LogP contribution is -1.82. The Morgan fingerprint density at radius 1 is 1.50 bits per heavy atom. The van der Waals surface area contributed by atoms with E-state index in [0.717, 1.165) is 9.45 Å². The first-order valence-electron chi connectivity index (χ1n) is 3.05. The summed E-state index contributed by atoms with van der Waals surface area (Å²) >= 11 is 8.12. The van der Waals surface area contributed by atoms with E-state index in [1.54, 1.807) is 0 Å². The van der Waals surface area contributed by atoms with Crippen molar-refractivity contribution in [1.82, 2.24) is 0 Å². The van der Waals surface area contributed by atoms with Gasteiger partial charge in [-0.05, 0) is 30.2 Å². The summed E-state index contributed by atoms with van der Waals surface area (Å²) in [5, 5.41) is 0.825. The highest BCUT2D eigenvalue weighted by Gasteiger charge is 1.95. The molecule has 0 atom stereocenters. The summed E-state index contributed by atoms with van der Waals surface area (Å²) in [6, 6.07) is 6.00. The maximum absolute atomic E-state index is 5.77. The highest BCUT2D eigenvalue weighted by atomic mass is 127. The molecule has 0 aliphatic rings. The topological polar surface area (TPSA) is 0 Å². The summed E-state index contributed by atoms with van der Waals surface area (Å²) in [5.74, 6) is 0. The number of alkyl halides is 1. The first-order valence-corrected chi connectivity index (χ1v) is 4.95. The van der Waals surface area contributed by atoms with Gasteiger partial charge in [-0.2, -0.15) is 0 Å². The molecular weight excluding hydrogens is 258 g/mol. The van der Waals surface area contributed by atoms with Gasteiger partial charge in [0.15, 0.2) is 0 Å². The van der Waals surface area contributed by atoms with E-state index in [4.69, 9.17) is 11.6 Å².